The highest BCUT2D eigenvalue weighted by Gasteiger charge is 2.16. The Morgan fingerprint density at radius 2 is 1.84 bits per heavy atom. The van der Waals surface area contributed by atoms with Gasteiger partial charge < -0.3 is 14.8 Å². The highest BCUT2D eigenvalue weighted by atomic mass is 79.9. The van der Waals surface area contributed by atoms with Crippen molar-refractivity contribution >= 4 is 33.4 Å². The van der Waals surface area contributed by atoms with Crippen LogP contribution in [0.3, 0.4) is 0 Å². The summed E-state index contributed by atoms with van der Waals surface area (Å²) in [6.45, 7) is 6.13. The summed E-state index contributed by atoms with van der Waals surface area (Å²) in [6, 6.07) is 13.3. The molecular weight excluding hydrogens is 384 g/mol. The van der Waals surface area contributed by atoms with Gasteiger partial charge in [-0.2, -0.15) is 0 Å². The van der Waals surface area contributed by atoms with Crippen LogP contribution in [0.1, 0.15) is 26.3 Å². The standard InChI is InChI=1S/C19H23BrN2O3/c1-19(2,3)25-18(23)22-15-7-5-6-14(10-15)21-12-13-8-9-16(24-4)11-17(13)20/h5-11,21H,12H2,1-4H3,(H,22,23). The van der Waals surface area contributed by atoms with Gasteiger partial charge in [-0.1, -0.05) is 28.1 Å². The molecule has 0 heterocycles. The largest absolute Gasteiger partial charge is 0.497 e. The Morgan fingerprint density at radius 1 is 1.12 bits per heavy atom. The first-order valence-corrected chi connectivity index (χ1v) is 8.72. The number of amides is 1. The van der Waals surface area contributed by atoms with E-state index < -0.39 is 11.7 Å². The van der Waals surface area contributed by atoms with Crippen molar-refractivity contribution < 1.29 is 14.3 Å². The summed E-state index contributed by atoms with van der Waals surface area (Å²) < 4.78 is 11.4. The summed E-state index contributed by atoms with van der Waals surface area (Å²) in [5.41, 5.74) is 2.15. The van der Waals surface area contributed by atoms with Gasteiger partial charge in [-0.15, -0.1) is 0 Å². The molecule has 0 bridgehead atoms. The van der Waals surface area contributed by atoms with Crippen LogP contribution in [-0.4, -0.2) is 18.8 Å². The van der Waals surface area contributed by atoms with Crippen molar-refractivity contribution in [3.05, 3.63) is 52.5 Å². The fourth-order valence-corrected chi connectivity index (χ4v) is 2.62. The summed E-state index contributed by atoms with van der Waals surface area (Å²) in [5.74, 6) is 0.805. The Balaban J connectivity index is 1.98. The number of methoxy groups -OCH3 is 1. The summed E-state index contributed by atoms with van der Waals surface area (Å²) in [4.78, 5) is 11.9. The van der Waals surface area contributed by atoms with E-state index in [9.17, 15) is 4.79 Å². The molecule has 5 nitrogen and oxygen atoms in total. The van der Waals surface area contributed by atoms with Gasteiger partial charge in [0.25, 0.3) is 0 Å². The maximum atomic E-state index is 11.9. The molecule has 2 rings (SSSR count). The summed E-state index contributed by atoms with van der Waals surface area (Å²) >= 11 is 3.54. The zero-order chi connectivity index (χ0) is 18.4. The number of nitrogens with one attached hydrogen (secondary N) is 2. The molecule has 0 radical (unpaired) electrons. The van der Waals surface area contributed by atoms with Crippen molar-refractivity contribution in [1.82, 2.24) is 0 Å². The average molecular weight is 407 g/mol. The van der Waals surface area contributed by atoms with Crippen molar-refractivity contribution in [2.75, 3.05) is 17.7 Å². The summed E-state index contributed by atoms with van der Waals surface area (Å²) in [5, 5.41) is 6.07. The third-order valence-corrected chi connectivity index (χ3v) is 3.99. The van der Waals surface area contributed by atoms with Gasteiger partial charge in [0.1, 0.15) is 11.4 Å². The van der Waals surface area contributed by atoms with Gasteiger partial charge in [0.05, 0.1) is 7.11 Å². The minimum Gasteiger partial charge on any atom is -0.497 e. The van der Waals surface area contributed by atoms with Crippen LogP contribution in [0.2, 0.25) is 0 Å². The van der Waals surface area contributed by atoms with E-state index >= 15 is 0 Å². The quantitative estimate of drug-likeness (QED) is 0.695. The van der Waals surface area contributed by atoms with E-state index in [2.05, 4.69) is 26.6 Å². The number of carbonyl (C=O) groups is 1. The number of anilines is 2. The molecule has 2 aromatic carbocycles. The van der Waals surface area contributed by atoms with Gasteiger partial charge in [-0.05, 0) is 56.7 Å². The minimum atomic E-state index is -0.527. The molecule has 0 spiro atoms. The Kier molecular flexibility index (Phi) is 6.31. The minimum absolute atomic E-state index is 0.470. The number of halogens is 1. The van der Waals surface area contributed by atoms with Crippen molar-refractivity contribution in [3.63, 3.8) is 0 Å². The number of rotatable bonds is 5. The van der Waals surface area contributed by atoms with Crippen molar-refractivity contribution in [1.29, 1.82) is 0 Å². The molecule has 134 valence electrons. The van der Waals surface area contributed by atoms with Crippen LogP contribution in [0.15, 0.2) is 46.9 Å². The molecule has 0 fully saturated rings. The topological polar surface area (TPSA) is 59.6 Å². The van der Waals surface area contributed by atoms with E-state index in [4.69, 9.17) is 9.47 Å². The first-order chi connectivity index (χ1) is 11.8. The lowest BCUT2D eigenvalue weighted by Crippen LogP contribution is -2.27. The Bertz CT molecular complexity index is 742. The number of carbonyl (C=O) groups excluding carboxylic acids is 1. The van der Waals surface area contributed by atoms with E-state index in [-0.39, 0.29) is 0 Å². The molecule has 0 aliphatic rings. The first-order valence-electron chi connectivity index (χ1n) is 7.93. The van der Waals surface area contributed by atoms with E-state index in [1.54, 1.807) is 7.11 Å². The van der Waals surface area contributed by atoms with Crippen LogP contribution in [0.4, 0.5) is 16.2 Å². The summed E-state index contributed by atoms with van der Waals surface area (Å²) in [7, 11) is 1.64. The molecule has 6 heteroatoms. The second kappa shape index (κ2) is 8.25. The molecule has 1 amide bonds. The normalized spacial score (nSPS) is 10.9. The molecule has 0 unspecified atom stereocenters. The lowest BCUT2D eigenvalue weighted by molar-refractivity contribution is 0.0636. The molecule has 0 saturated heterocycles. The lowest BCUT2D eigenvalue weighted by Gasteiger charge is -2.19. The third kappa shape index (κ3) is 6.31. The van der Waals surface area contributed by atoms with E-state index in [1.165, 1.54) is 0 Å². The van der Waals surface area contributed by atoms with Crippen LogP contribution >= 0.6 is 15.9 Å². The Morgan fingerprint density at radius 3 is 2.48 bits per heavy atom. The van der Waals surface area contributed by atoms with Crippen LogP contribution < -0.4 is 15.4 Å². The predicted molar refractivity (Wildman–Crippen MR) is 104 cm³/mol. The molecule has 2 N–H and O–H groups in total. The second-order valence-electron chi connectivity index (χ2n) is 6.52. The van der Waals surface area contributed by atoms with Gasteiger partial charge in [0, 0.05) is 22.4 Å². The van der Waals surface area contributed by atoms with E-state index in [0.29, 0.717) is 12.2 Å². The average Bonchev–Trinajstić information content (AvgIpc) is 2.52. The maximum absolute atomic E-state index is 11.9. The predicted octanol–water partition coefficient (Wildman–Crippen LogP) is 5.42. The van der Waals surface area contributed by atoms with E-state index in [0.717, 1.165) is 21.5 Å². The second-order valence-corrected chi connectivity index (χ2v) is 7.37. The molecular formula is C19H23BrN2O3. The maximum Gasteiger partial charge on any atom is 0.412 e. The summed E-state index contributed by atoms with van der Waals surface area (Å²) in [6.07, 6.45) is -0.470. The van der Waals surface area contributed by atoms with Crippen molar-refractivity contribution in [2.24, 2.45) is 0 Å². The smallest absolute Gasteiger partial charge is 0.412 e. The Hall–Kier alpha value is -2.21. The number of hydrogen-bond donors (Lipinski definition) is 2. The zero-order valence-corrected chi connectivity index (χ0v) is 16.4. The zero-order valence-electron chi connectivity index (χ0n) is 14.9. The lowest BCUT2D eigenvalue weighted by atomic mass is 10.2. The number of benzene rings is 2. The molecule has 0 aliphatic heterocycles. The molecule has 0 atom stereocenters. The number of ether oxygens (including phenoxy) is 2. The van der Waals surface area contributed by atoms with Gasteiger partial charge in [0.2, 0.25) is 0 Å². The fraction of sp³-hybridized carbons (Fsp3) is 0.316. The monoisotopic (exact) mass is 406 g/mol. The first kappa shape index (κ1) is 19.1. The Labute approximate surface area is 156 Å². The van der Waals surface area contributed by atoms with Gasteiger partial charge >= 0.3 is 6.09 Å². The number of hydrogen-bond acceptors (Lipinski definition) is 4. The van der Waals surface area contributed by atoms with Gasteiger partial charge in [0.15, 0.2) is 0 Å². The SMILES string of the molecule is COc1ccc(CNc2cccc(NC(=O)OC(C)(C)C)c2)c(Br)c1. The molecule has 25 heavy (non-hydrogen) atoms. The molecule has 0 aromatic heterocycles. The van der Waals surface area contributed by atoms with Crippen LogP contribution in [0, 0.1) is 0 Å². The van der Waals surface area contributed by atoms with Crippen LogP contribution in [0.5, 0.6) is 5.75 Å². The molecule has 0 saturated carbocycles. The van der Waals surface area contributed by atoms with Gasteiger partial charge in [-0.3, -0.25) is 5.32 Å². The fourth-order valence-electron chi connectivity index (χ4n) is 2.12. The van der Waals surface area contributed by atoms with Gasteiger partial charge in [-0.25, -0.2) is 4.79 Å². The highest BCUT2D eigenvalue weighted by molar-refractivity contribution is 9.10. The van der Waals surface area contributed by atoms with Crippen LogP contribution in [-0.2, 0) is 11.3 Å². The molecule has 0 aliphatic carbocycles. The van der Waals surface area contributed by atoms with Crippen molar-refractivity contribution in [3.8, 4) is 5.75 Å². The highest BCUT2D eigenvalue weighted by Crippen LogP contribution is 2.24. The van der Waals surface area contributed by atoms with E-state index in [1.807, 2.05) is 63.2 Å². The van der Waals surface area contributed by atoms with Crippen LogP contribution in [0.25, 0.3) is 0 Å². The molecule has 2 aromatic rings. The van der Waals surface area contributed by atoms with Crippen molar-refractivity contribution in [2.45, 2.75) is 32.9 Å². The third-order valence-electron chi connectivity index (χ3n) is 3.25.